The summed E-state index contributed by atoms with van der Waals surface area (Å²) in [5, 5.41) is 3.99. The normalized spacial score (nSPS) is 16.1. The smallest absolute Gasteiger partial charge is 0.387 e. The van der Waals surface area contributed by atoms with E-state index in [1.807, 2.05) is 24.3 Å². The van der Waals surface area contributed by atoms with Crippen LogP contribution in [0.15, 0.2) is 53.1 Å². The zero-order chi connectivity index (χ0) is 22.3. The molecule has 0 N–H and O–H groups in total. The number of methoxy groups -OCH3 is 1. The Bertz CT molecular complexity index is 1010. The van der Waals surface area contributed by atoms with E-state index in [0.717, 1.165) is 30.8 Å². The van der Waals surface area contributed by atoms with Crippen LogP contribution in [0, 0.1) is 0 Å². The molecule has 1 atom stereocenters. The van der Waals surface area contributed by atoms with Gasteiger partial charge in [0.05, 0.1) is 25.3 Å². The highest BCUT2D eigenvalue weighted by molar-refractivity contribution is 5.63. The summed E-state index contributed by atoms with van der Waals surface area (Å²) in [6.07, 6.45) is 2.17. The molecule has 0 amide bonds. The maximum absolute atomic E-state index is 12.7. The van der Waals surface area contributed by atoms with Crippen molar-refractivity contribution in [2.75, 3.05) is 20.3 Å². The molecular weight excluding hydrogens is 420 g/mol. The number of aromatic nitrogens is 2. The van der Waals surface area contributed by atoms with Crippen molar-refractivity contribution in [1.82, 2.24) is 15.0 Å². The molecule has 0 spiro atoms. The summed E-state index contributed by atoms with van der Waals surface area (Å²) in [7, 11) is 1.65. The fourth-order valence-corrected chi connectivity index (χ4v) is 3.81. The fraction of sp³-hybridized carbons (Fsp3) is 0.391. The number of halogens is 2. The Morgan fingerprint density at radius 1 is 1.09 bits per heavy atom. The van der Waals surface area contributed by atoms with Crippen LogP contribution in [0.4, 0.5) is 8.78 Å². The van der Waals surface area contributed by atoms with E-state index < -0.39 is 6.61 Å². The van der Waals surface area contributed by atoms with Crippen LogP contribution in [0.3, 0.4) is 0 Å². The number of hydrogen-bond acceptors (Lipinski definition) is 7. The number of alkyl halides is 2. The highest BCUT2D eigenvalue weighted by Gasteiger charge is 2.23. The summed E-state index contributed by atoms with van der Waals surface area (Å²) in [5.41, 5.74) is 1.38. The van der Waals surface area contributed by atoms with Crippen molar-refractivity contribution >= 4 is 0 Å². The van der Waals surface area contributed by atoms with Crippen molar-refractivity contribution < 1.29 is 27.5 Å². The Kier molecular flexibility index (Phi) is 7.28. The van der Waals surface area contributed by atoms with Crippen molar-refractivity contribution in [2.24, 2.45) is 0 Å². The lowest BCUT2D eigenvalue weighted by Crippen LogP contribution is -2.31. The molecule has 1 aliphatic heterocycles. The lowest BCUT2D eigenvalue weighted by molar-refractivity contribution is -0.0494. The first-order chi connectivity index (χ1) is 15.6. The lowest BCUT2D eigenvalue weighted by atomic mass is 10.1. The first-order valence-corrected chi connectivity index (χ1v) is 10.4. The molecular formula is C23H25F2N3O4. The predicted molar refractivity (Wildman–Crippen MR) is 112 cm³/mol. The highest BCUT2D eigenvalue weighted by atomic mass is 19.3. The van der Waals surface area contributed by atoms with E-state index >= 15 is 0 Å². The number of para-hydroxylation sites is 2. The second-order valence-electron chi connectivity index (χ2n) is 7.50. The van der Waals surface area contributed by atoms with Gasteiger partial charge in [0, 0.05) is 25.3 Å². The molecule has 2 aromatic carbocycles. The average molecular weight is 445 g/mol. The largest absolute Gasteiger partial charge is 0.496 e. The van der Waals surface area contributed by atoms with Crippen LogP contribution in [0.2, 0.25) is 0 Å². The zero-order valence-electron chi connectivity index (χ0n) is 17.7. The van der Waals surface area contributed by atoms with Gasteiger partial charge in [-0.15, -0.1) is 0 Å². The number of rotatable bonds is 10. The summed E-state index contributed by atoms with van der Waals surface area (Å²) < 4.78 is 46.8. The van der Waals surface area contributed by atoms with Crippen LogP contribution < -0.4 is 9.47 Å². The summed E-state index contributed by atoms with van der Waals surface area (Å²) in [6.45, 7) is -0.500. The van der Waals surface area contributed by atoms with Crippen LogP contribution in [0.25, 0.3) is 11.4 Å². The first-order valence-electron chi connectivity index (χ1n) is 10.4. The molecule has 9 heteroatoms. The van der Waals surface area contributed by atoms with Crippen molar-refractivity contribution in [3.8, 4) is 22.9 Å². The van der Waals surface area contributed by atoms with Gasteiger partial charge in [-0.05, 0) is 31.0 Å². The molecule has 1 fully saturated rings. The SMILES string of the molecule is COc1ccccc1CN(Cc1nc(-c2ccccc2OC(F)F)no1)CC1CCCO1. The lowest BCUT2D eigenvalue weighted by Gasteiger charge is -2.24. The third-order valence-electron chi connectivity index (χ3n) is 5.24. The van der Waals surface area contributed by atoms with E-state index in [0.29, 0.717) is 31.1 Å². The van der Waals surface area contributed by atoms with Crippen molar-refractivity contribution in [3.63, 3.8) is 0 Å². The molecule has 1 saturated heterocycles. The second-order valence-corrected chi connectivity index (χ2v) is 7.50. The monoisotopic (exact) mass is 445 g/mol. The van der Waals surface area contributed by atoms with Gasteiger partial charge in [0.1, 0.15) is 11.5 Å². The van der Waals surface area contributed by atoms with Crippen LogP contribution >= 0.6 is 0 Å². The standard InChI is InChI=1S/C23H25F2N3O4/c1-29-19-10-4-2-7-16(19)13-28(14-17-8-6-12-30-17)15-21-26-22(27-32-21)18-9-3-5-11-20(18)31-23(24)25/h2-5,7,9-11,17,23H,6,8,12-15H2,1H3. The van der Waals surface area contributed by atoms with Gasteiger partial charge in [0.25, 0.3) is 0 Å². The minimum absolute atomic E-state index is 0.0000775. The van der Waals surface area contributed by atoms with Crippen molar-refractivity contribution in [2.45, 2.75) is 38.6 Å². The molecule has 32 heavy (non-hydrogen) atoms. The Balaban J connectivity index is 1.53. The predicted octanol–water partition coefficient (Wildman–Crippen LogP) is 4.53. The van der Waals surface area contributed by atoms with Gasteiger partial charge in [-0.25, -0.2) is 0 Å². The topological polar surface area (TPSA) is 69.9 Å². The molecule has 2 heterocycles. The van der Waals surface area contributed by atoms with Crippen LogP contribution in [-0.2, 0) is 17.8 Å². The molecule has 1 unspecified atom stereocenters. The quantitative estimate of drug-likeness (QED) is 0.454. The average Bonchev–Trinajstić information content (AvgIpc) is 3.46. The summed E-state index contributed by atoms with van der Waals surface area (Å²) in [5.74, 6) is 1.37. The molecule has 0 saturated carbocycles. The first kappa shape index (κ1) is 22.2. The highest BCUT2D eigenvalue weighted by Crippen LogP contribution is 2.29. The third-order valence-corrected chi connectivity index (χ3v) is 5.24. The molecule has 7 nitrogen and oxygen atoms in total. The number of benzene rings is 2. The molecule has 0 radical (unpaired) electrons. The second kappa shape index (κ2) is 10.5. The summed E-state index contributed by atoms with van der Waals surface area (Å²) >= 11 is 0. The molecule has 1 aromatic heterocycles. The van der Waals surface area contributed by atoms with E-state index in [-0.39, 0.29) is 17.7 Å². The minimum Gasteiger partial charge on any atom is -0.496 e. The molecule has 1 aliphatic rings. The van der Waals surface area contributed by atoms with Gasteiger partial charge < -0.3 is 18.7 Å². The maximum atomic E-state index is 12.7. The van der Waals surface area contributed by atoms with Gasteiger partial charge in [-0.1, -0.05) is 35.5 Å². The Labute approximate surface area is 184 Å². The fourth-order valence-electron chi connectivity index (χ4n) is 3.81. The van der Waals surface area contributed by atoms with E-state index in [2.05, 4.69) is 19.8 Å². The number of ether oxygens (including phenoxy) is 3. The van der Waals surface area contributed by atoms with Crippen LogP contribution in [0.5, 0.6) is 11.5 Å². The maximum Gasteiger partial charge on any atom is 0.387 e. The summed E-state index contributed by atoms with van der Waals surface area (Å²) in [4.78, 5) is 6.59. The Morgan fingerprint density at radius 3 is 2.62 bits per heavy atom. The van der Waals surface area contributed by atoms with Gasteiger partial charge in [0.2, 0.25) is 11.7 Å². The Hall–Kier alpha value is -3.04. The van der Waals surface area contributed by atoms with E-state index in [9.17, 15) is 8.78 Å². The summed E-state index contributed by atoms with van der Waals surface area (Å²) in [6, 6.07) is 14.2. The Morgan fingerprint density at radius 2 is 1.88 bits per heavy atom. The minimum atomic E-state index is -2.94. The number of nitrogens with zero attached hydrogens (tertiary/aromatic N) is 3. The van der Waals surface area contributed by atoms with Gasteiger partial charge >= 0.3 is 6.61 Å². The van der Waals surface area contributed by atoms with Gasteiger partial charge in [0.15, 0.2) is 0 Å². The van der Waals surface area contributed by atoms with E-state index in [1.54, 1.807) is 25.3 Å². The van der Waals surface area contributed by atoms with Crippen molar-refractivity contribution in [1.29, 1.82) is 0 Å². The van der Waals surface area contributed by atoms with Crippen molar-refractivity contribution in [3.05, 3.63) is 60.0 Å². The molecule has 4 rings (SSSR count). The third kappa shape index (κ3) is 5.60. The van der Waals surface area contributed by atoms with Crippen LogP contribution in [0.1, 0.15) is 24.3 Å². The molecule has 3 aromatic rings. The molecule has 0 bridgehead atoms. The van der Waals surface area contributed by atoms with Gasteiger partial charge in [-0.3, -0.25) is 4.90 Å². The van der Waals surface area contributed by atoms with E-state index in [4.69, 9.17) is 14.0 Å². The van der Waals surface area contributed by atoms with Gasteiger partial charge in [-0.2, -0.15) is 13.8 Å². The number of hydrogen-bond donors (Lipinski definition) is 0. The molecule has 170 valence electrons. The zero-order valence-corrected chi connectivity index (χ0v) is 17.7. The van der Waals surface area contributed by atoms with Crippen LogP contribution in [-0.4, -0.2) is 48.0 Å². The molecule has 0 aliphatic carbocycles. The van der Waals surface area contributed by atoms with E-state index in [1.165, 1.54) is 6.07 Å².